The number of hydrogen-bond acceptors (Lipinski definition) is 20. The standard InChI is InChI=1S/2C20H31NO3.3C19H29NO3/c2*1-20(2,3)11-14-12-21-7-6-13-8-18(23-4)19(24-5)9-15(13)16(21)10-17(14)22;3*1-12(2)7-14-11-20-6-5-13-8-18(22-3)19(23-4)9-15(13)16(20)10-17(14)21/h2*8-9,14,16-17,22H,6-7,10-12H2,1-5H3;3*8-9,12,14,16-17,21H,5-7,10-11H2,1-4H3/i1D3,2D3,5D3,6D2,7D2,8D,9D,10D2,11D2,14D,16D,17D;1D3,2D3,8D,9D,11D2,12D2,16D;4D3,8D,9D,11D2,16D;2*8D,9D,11D2,16D. The topological polar surface area (TPSA) is 210 Å². The summed E-state index contributed by atoms with van der Waals surface area (Å²) in [5.41, 5.74) is -7.49. The number of aliphatic hydroxyl groups is 5. The van der Waals surface area contributed by atoms with Gasteiger partial charge in [0.25, 0.3) is 0 Å². The Labute approximate surface area is 776 Å². The number of rotatable bonds is 18. The van der Waals surface area contributed by atoms with E-state index in [2.05, 4.69) is 0 Å². The number of hydrogen-bond donors (Lipinski definition) is 5. The molecule has 10 aliphatic heterocycles. The lowest BCUT2D eigenvalue weighted by atomic mass is 9.75. The maximum absolute atomic E-state index is 11.6. The van der Waals surface area contributed by atoms with E-state index in [4.69, 9.17) is 113 Å². The van der Waals surface area contributed by atoms with Gasteiger partial charge in [0.15, 0.2) is 57.5 Å². The van der Waals surface area contributed by atoms with Crippen molar-refractivity contribution < 1.29 is 146 Å². The molecule has 10 heterocycles. The fourth-order valence-electron chi connectivity index (χ4n) is 15.6. The van der Waals surface area contributed by atoms with Gasteiger partial charge in [0.1, 0.15) is 0 Å². The summed E-state index contributed by atoms with van der Waals surface area (Å²) in [5, 5.41) is 55.3. The number of piperidine rings is 5. The van der Waals surface area contributed by atoms with E-state index < -0.39 is 260 Å². The Morgan fingerprint density at radius 2 is 0.667 bits per heavy atom. The second-order valence-corrected chi connectivity index (χ2v) is 31.4. The predicted molar refractivity (Wildman–Crippen MR) is 465 cm³/mol. The van der Waals surface area contributed by atoms with Gasteiger partial charge in [0, 0.05) is 138 Å². The number of nitrogens with zero attached hydrogens (tertiary/aromatic N) is 5. The lowest BCUT2D eigenvalue weighted by molar-refractivity contribution is -0.0259. The molecule has 0 radical (unpaired) electrons. The molecule has 0 spiro atoms. The highest BCUT2D eigenvalue weighted by Crippen LogP contribution is 2.51. The van der Waals surface area contributed by atoms with Gasteiger partial charge in [0.05, 0.1) is 132 Å². The minimum atomic E-state index is -4.42. The van der Waals surface area contributed by atoms with E-state index in [9.17, 15) is 32.4 Å². The first kappa shape index (κ1) is 44.2. The van der Waals surface area contributed by atoms with Gasteiger partial charge in [-0.05, 0) is 270 Å². The molecule has 652 valence electrons. The van der Waals surface area contributed by atoms with E-state index in [1.54, 1.807) is 0 Å². The van der Waals surface area contributed by atoms with Crippen LogP contribution in [0.4, 0.5) is 0 Å². The van der Waals surface area contributed by atoms with Crippen LogP contribution in [-0.4, -0.2) is 217 Å². The molecule has 0 bridgehead atoms. The average Bonchev–Trinajstić information content (AvgIpc) is 0.639. The number of fused-ring (bicyclic) bond motifs is 15. The quantitative estimate of drug-likeness (QED) is 0.0552. The minimum Gasteiger partial charge on any atom is -0.493 e. The Morgan fingerprint density at radius 1 is 0.393 bits per heavy atom. The second-order valence-electron chi connectivity index (χ2n) is 31.4. The molecule has 15 atom stereocenters. The molecule has 117 heavy (non-hydrogen) atoms. The third-order valence-corrected chi connectivity index (χ3v) is 20.9. The number of methoxy groups -OCH3 is 10. The van der Waals surface area contributed by atoms with Gasteiger partial charge in [-0.15, -0.1) is 0 Å². The number of aliphatic hydroxyl groups excluding tert-OH is 4. The molecule has 5 aromatic rings. The van der Waals surface area contributed by atoms with Gasteiger partial charge in [-0.3, -0.25) is 24.5 Å². The highest BCUT2D eigenvalue weighted by atomic mass is 16.5. The van der Waals surface area contributed by atoms with Crippen LogP contribution in [-0.2, 0) is 32.1 Å². The third-order valence-electron chi connectivity index (χ3n) is 20.9. The Kier molecular flexibility index (Phi) is 15.1. The van der Waals surface area contributed by atoms with Crippen LogP contribution in [0.3, 0.4) is 0 Å². The van der Waals surface area contributed by atoms with Crippen molar-refractivity contribution in [2.45, 2.75) is 240 Å². The summed E-state index contributed by atoms with van der Waals surface area (Å²) in [5.74, 6) is -10.2. The molecule has 0 saturated carbocycles. The summed E-state index contributed by atoms with van der Waals surface area (Å²) in [6.07, 6.45) is -23.7. The van der Waals surface area contributed by atoms with Crippen molar-refractivity contribution in [2.24, 2.45) is 58.1 Å². The molecule has 0 amide bonds. The van der Waals surface area contributed by atoms with E-state index in [-0.39, 0.29) is 191 Å². The summed E-state index contributed by atoms with van der Waals surface area (Å²) in [7, 11) is 3.90. The predicted octanol–water partition coefficient (Wildman–Crippen LogP) is 15.9. The van der Waals surface area contributed by atoms with Crippen LogP contribution < -0.4 is 47.4 Å². The zero-order valence-electron chi connectivity index (χ0n) is 122. The Balaban J connectivity index is 0.000000201. The SMILES string of the molecule is [2H]c1c(OC)c(OC([2H])([2H])[2H])c([2H])c2c1C([2H])([2H])C([2H])([2H])N1CC([2H])(C([2H])([2H])C(C)(C([2H])([2H])[2H])C([2H])([2H])[2H])C([2H])(O)C([2H])([2H])C21[2H].[2H]c1c2c(c([2H])c(OC([2H])([2H])[2H])c1OC)C1([2H])CC(O)C(CC(C)C)C([2H])([2H])N1CC2.[2H]c1c2c(c([2H])c(OC)c1OC)C1([2H])CC(O)C(C([2H])([2H])C(C)(C([2H])([2H])[2H])C([2H])([2H])[2H])C([2H])([2H])N1CC2.[2H]c1c2c(c([2H])c(OC)c1OC)C1([2H])CC(O)C(CC(C)C)C([2H])([2H])N1CC2.[2H]c1c2c(c([2H])c(OC)c1OC)C1([2H])CC(O)C(CC(C)C)C([2H])([2H])N1CC2. The van der Waals surface area contributed by atoms with Crippen molar-refractivity contribution >= 4 is 0 Å². The van der Waals surface area contributed by atoms with Crippen LogP contribution in [0.15, 0.2) is 60.4 Å². The first-order valence-electron chi connectivity index (χ1n) is 65.5. The minimum absolute atomic E-state index is 0.00489. The van der Waals surface area contributed by atoms with Crippen molar-refractivity contribution in [2.75, 3.05) is 136 Å². The van der Waals surface area contributed by atoms with Crippen molar-refractivity contribution in [3.8, 4) is 57.5 Å². The second kappa shape index (κ2) is 40.1. The van der Waals surface area contributed by atoms with Crippen LogP contribution in [0.25, 0.3) is 0 Å². The largest absolute Gasteiger partial charge is 0.493 e. The highest BCUT2D eigenvalue weighted by Gasteiger charge is 2.45. The Morgan fingerprint density at radius 3 is 0.966 bits per heavy atom. The maximum Gasteiger partial charge on any atom is 0.161 e. The van der Waals surface area contributed by atoms with E-state index in [0.29, 0.717) is 62.6 Å². The molecule has 0 aromatic heterocycles. The van der Waals surface area contributed by atoms with E-state index in [1.807, 2.05) is 41.5 Å². The van der Waals surface area contributed by atoms with Crippen LogP contribution in [0, 0.1) is 58.1 Å². The van der Waals surface area contributed by atoms with Crippen molar-refractivity contribution in [1.29, 1.82) is 0 Å². The summed E-state index contributed by atoms with van der Waals surface area (Å²) in [6, 6.07) is -14.8. The van der Waals surface area contributed by atoms with E-state index in [1.165, 1.54) is 64.5 Å². The van der Waals surface area contributed by atoms with Gasteiger partial charge in [-0.25, -0.2) is 0 Å². The average molecular weight is 1680 g/mol. The van der Waals surface area contributed by atoms with Gasteiger partial charge in [0.2, 0.25) is 0 Å². The zero-order chi connectivity index (χ0) is 131. The summed E-state index contributed by atoms with van der Waals surface area (Å²) >= 11 is 0. The van der Waals surface area contributed by atoms with Gasteiger partial charge in [-0.2, -0.15) is 0 Å². The molecule has 15 rings (SSSR count). The molecule has 0 aliphatic carbocycles. The lowest BCUT2D eigenvalue weighted by Crippen LogP contribution is -2.48. The van der Waals surface area contributed by atoms with Crippen molar-refractivity contribution in [3.63, 3.8) is 0 Å². The molecule has 5 aromatic carbocycles. The van der Waals surface area contributed by atoms with E-state index in [0.717, 1.165) is 12.0 Å². The molecule has 15 unspecified atom stereocenters. The van der Waals surface area contributed by atoms with Gasteiger partial charge < -0.3 is 72.9 Å². The molecule has 20 heteroatoms. The number of benzene rings is 5. The monoisotopic (exact) mass is 1680 g/mol. The lowest BCUT2D eigenvalue weighted by Gasteiger charge is -2.47. The highest BCUT2D eigenvalue weighted by molar-refractivity contribution is 5.54. The smallest absolute Gasteiger partial charge is 0.161 e. The van der Waals surface area contributed by atoms with Gasteiger partial charge >= 0.3 is 0 Å². The fraction of sp³-hybridized carbons (Fsp3) is 0.691. The number of ether oxygens (including phenoxy) is 10. The first-order chi connectivity index (χ1) is 76.7. The summed E-state index contributed by atoms with van der Waals surface area (Å²) in [6.45, 7) is -15.8. The molecular weight excluding hydrogens is 1480 g/mol. The Bertz CT molecular complexity index is 6520. The van der Waals surface area contributed by atoms with E-state index >= 15 is 0 Å². The fourth-order valence-corrected chi connectivity index (χ4v) is 15.6. The normalized spacial score (nSPS) is 42.3. The Hall–Kier alpha value is -6.30. The molecule has 5 fully saturated rings. The van der Waals surface area contributed by atoms with Crippen LogP contribution in [0.5, 0.6) is 57.5 Å². The molecule has 5 saturated heterocycles. The molecule has 20 nitrogen and oxygen atoms in total. The van der Waals surface area contributed by atoms with Gasteiger partial charge in [-0.1, -0.05) is 82.8 Å². The first-order valence-corrected chi connectivity index (χ1v) is 39.0. The molecule has 10 aliphatic rings. The summed E-state index contributed by atoms with van der Waals surface area (Å²) in [4.78, 5) is 4.99. The summed E-state index contributed by atoms with van der Waals surface area (Å²) < 4.78 is 498. The van der Waals surface area contributed by atoms with Crippen molar-refractivity contribution in [3.05, 3.63) is 116 Å². The molecular formula is C97H149N5O15. The maximum atomic E-state index is 11.6. The molecule has 5 N–H and O–H groups in total. The van der Waals surface area contributed by atoms with Crippen LogP contribution in [0.2, 0.25) is 0 Å². The van der Waals surface area contributed by atoms with Crippen molar-refractivity contribution in [1.82, 2.24) is 24.5 Å². The zero-order valence-corrected chi connectivity index (χ0v) is 69.2. The van der Waals surface area contributed by atoms with Crippen LogP contribution in [0.1, 0.15) is 305 Å². The third kappa shape index (κ3) is 22.0. The van der Waals surface area contributed by atoms with Crippen LogP contribution >= 0.6 is 0 Å².